The van der Waals surface area contributed by atoms with E-state index in [-0.39, 0.29) is 17.5 Å². The summed E-state index contributed by atoms with van der Waals surface area (Å²) in [6.07, 6.45) is 0. The van der Waals surface area contributed by atoms with E-state index < -0.39 is 0 Å². The topological polar surface area (TPSA) is 59.8 Å². The second-order valence-electron chi connectivity index (χ2n) is 5.38. The van der Waals surface area contributed by atoms with E-state index in [4.69, 9.17) is 0 Å². The van der Waals surface area contributed by atoms with Gasteiger partial charge in [-0.25, -0.2) is 4.39 Å². The number of aryl methyl sites for hydroxylation is 1. The van der Waals surface area contributed by atoms with Crippen LogP contribution in [0.4, 0.5) is 10.1 Å². The summed E-state index contributed by atoms with van der Waals surface area (Å²) in [5.41, 5.74) is 0.576. The van der Waals surface area contributed by atoms with Crippen LogP contribution in [0.5, 0.6) is 0 Å². The van der Waals surface area contributed by atoms with E-state index >= 15 is 0 Å². The molecule has 0 atom stereocenters. The van der Waals surface area contributed by atoms with Crippen molar-refractivity contribution >= 4 is 23.4 Å². The third-order valence-corrected chi connectivity index (χ3v) is 3.88. The Hall–Kier alpha value is -1.89. The van der Waals surface area contributed by atoms with Crippen LogP contribution in [0.15, 0.2) is 29.4 Å². The first-order chi connectivity index (χ1) is 10.5. The molecule has 0 unspecified atom stereocenters. The number of carbonyl (C=O) groups excluding carboxylic acids is 1. The average molecular weight is 322 g/mol. The van der Waals surface area contributed by atoms with E-state index in [9.17, 15) is 9.18 Å². The number of anilines is 1. The number of benzene rings is 1. The lowest BCUT2D eigenvalue weighted by molar-refractivity contribution is -0.113. The maximum atomic E-state index is 12.8. The van der Waals surface area contributed by atoms with Crippen molar-refractivity contribution in [1.29, 1.82) is 0 Å². The Labute approximate surface area is 133 Å². The predicted molar refractivity (Wildman–Crippen MR) is 85.4 cm³/mol. The quantitative estimate of drug-likeness (QED) is 0.830. The fourth-order valence-corrected chi connectivity index (χ4v) is 2.70. The number of rotatable bonds is 6. The Morgan fingerprint density at radius 2 is 2.00 bits per heavy atom. The normalized spacial score (nSPS) is 11.0. The van der Waals surface area contributed by atoms with Crippen LogP contribution in [0.1, 0.15) is 19.7 Å². The molecule has 118 valence electrons. The molecule has 1 aromatic carbocycles. The van der Waals surface area contributed by atoms with E-state index in [0.717, 1.165) is 17.5 Å². The molecule has 0 aliphatic carbocycles. The summed E-state index contributed by atoms with van der Waals surface area (Å²) in [4.78, 5) is 11.9. The molecule has 0 spiro atoms. The number of thioether (sulfide) groups is 1. The van der Waals surface area contributed by atoms with Crippen LogP contribution in [-0.2, 0) is 11.3 Å². The standard InChI is InChI=1S/C15H19FN4OS/c1-10(2)8-20-11(3)18-19-15(20)22-9-14(21)17-13-6-4-12(16)5-7-13/h4-7,10H,8-9H2,1-3H3,(H,17,21). The molecule has 0 fully saturated rings. The number of nitrogens with one attached hydrogen (secondary N) is 1. The van der Waals surface area contributed by atoms with Crippen LogP contribution in [0.25, 0.3) is 0 Å². The highest BCUT2D eigenvalue weighted by atomic mass is 32.2. The van der Waals surface area contributed by atoms with Crippen molar-refractivity contribution in [1.82, 2.24) is 14.8 Å². The van der Waals surface area contributed by atoms with E-state index in [1.807, 2.05) is 11.5 Å². The van der Waals surface area contributed by atoms with Gasteiger partial charge in [0.2, 0.25) is 5.91 Å². The van der Waals surface area contributed by atoms with Gasteiger partial charge in [-0.2, -0.15) is 0 Å². The molecule has 1 heterocycles. The van der Waals surface area contributed by atoms with Crippen LogP contribution in [0, 0.1) is 18.7 Å². The SMILES string of the molecule is Cc1nnc(SCC(=O)Nc2ccc(F)cc2)n1CC(C)C. The Morgan fingerprint density at radius 1 is 1.32 bits per heavy atom. The molecule has 0 saturated carbocycles. The molecule has 7 heteroatoms. The Kier molecular flexibility index (Phi) is 5.54. The van der Waals surface area contributed by atoms with Gasteiger partial charge in [0.15, 0.2) is 5.16 Å². The van der Waals surface area contributed by atoms with Gasteiger partial charge in [-0.1, -0.05) is 25.6 Å². The van der Waals surface area contributed by atoms with Crippen LogP contribution in [0.2, 0.25) is 0 Å². The van der Waals surface area contributed by atoms with Gasteiger partial charge in [-0.15, -0.1) is 10.2 Å². The molecule has 1 amide bonds. The molecular formula is C15H19FN4OS. The lowest BCUT2D eigenvalue weighted by Crippen LogP contribution is -2.15. The van der Waals surface area contributed by atoms with Crippen molar-refractivity contribution in [2.75, 3.05) is 11.1 Å². The second kappa shape index (κ2) is 7.40. The molecule has 0 bridgehead atoms. The highest BCUT2D eigenvalue weighted by molar-refractivity contribution is 7.99. The van der Waals surface area contributed by atoms with Gasteiger partial charge >= 0.3 is 0 Å². The zero-order chi connectivity index (χ0) is 16.1. The lowest BCUT2D eigenvalue weighted by Gasteiger charge is -2.10. The molecule has 0 aliphatic rings. The van der Waals surface area contributed by atoms with Crippen molar-refractivity contribution in [2.45, 2.75) is 32.5 Å². The number of nitrogens with zero attached hydrogens (tertiary/aromatic N) is 3. The van der Waals surface area contributed by atoms with Crippen LogP contribution >= 0.6 is 11.8 Å². The zero-order valence-electron chi connectivity index (χ0n) is 12.8. The summed E-state index contributed by atoms with van der Waals surface area (Å²) < 4.78 is 14.8. The molecule has 5 nitrogen and oxygen atoms in total. The van der Waals surface area contributed by atoms with Gasteiger partial charge in [0.1, 0.15) is 11.6 Å². The molecule has 1 N–H and O–H groups in total. The first-order valence-electron chi connectivity index (χ1n) is 7.03. The summed E-state index contributed by atoms with van der Waals surface area (Å²) in [7, 11) is 0. The highest BCUT2D eigenvalue weighted by Crippen LogP contribution is 2.19. The summed E-state index contributed by atoms with van der Waals surface area (Å²) >= 11 is 1.34. The fourth-order valence-electron chi connectivity index (χ4n) is 1.90. The largest absolute Gasteiger partial charge is 0.325 e. The third kappa shape index (κ3) is 4.56. The first kappa shape index (κ1) is 16.5. The lowest BCUT2D eigenvalue weighted by atomic mass is 10.2. The van der Waals surface area contributed by atoms with E-state index in [2.05, 4.69) is 29.4 Å². The summed E-state index contributed by atoms with van der Waals surface area (Å²) in [6.45, 7) is 6.96. The number of carbonyl (C=O) groups is 1. The van der Waals surface area contributed by atoms with E-state index in [1.54, 1.807) is 0 Å². The minimum Gasteiger partial charge on any atom is -0.325 e. The van der Waals surface area contributed by atoms with Crippen LogP contribution in [0.3, 0.4) is 0 Å². The zero-order valence-corrected chi connectivity index (χ0v) is 13.7. The number of amides is 1. The maximum Gasteiger partial charge on any atom is 0.234 e. The Balaban J connectivity index is 1.92. The number of hydrogen-bond acceptors (Lipinski definition) is 4. The van der Waals surface area contributed by atoms with Crippen molar-refractivity contribution < 1.29 is 9.18 Å². The molecular weight excluding hydrogens is 303 g/mol. The van der Waals surface area contributed by atoms with Gasteiger partial charge in [-0.05, 0) is 37.1 Å². The minimum absolute atomic E-state index is 0.159. The molecule has 22 heavy (non-hydrogen) atoms. The Morgan fingerprint density at radius 3 is 2.64 bits per heavy atom. The number of aromatic nitrogens is 3. The number of halogens is 1. The monoisotopic (exact) mass is 322 g/mol. The van der Waals surface area contributed by atoms with Gasteiger partial charge < -0.3 is 9.88 Å². The van der Waals surface area contributed by atoms with Crippen molar-refractivity contribution in [3.63, 3.8) is 0 Å². The molecule has 0 aliphatic heterocycles. The summed E-state index contributed by atoms with van der Waals surface area (Å²) in [5, 5.41) is 11.6. The summed E-state index contributed by atoms with van der Waals surface area (Å²) in [5.74, 6) is 1.06. The third-order valence-electron chi connectivity index (χ3n) is 2.91. The predicted octanol–water partition coefficient (Wildman–Crippen LogP) is 3.11. The molecule has 0 saturated heterocycles. The van der Waals surface area contributed by atoms with Gasteiger partial charge in [-0.3, -0.25) is 4.79 Å². The summed E-state index contributed by atoms with van der Waals surface area (Å²) in [6, 6.07) is 5.68. The molecule has 0 radical (unpaired) electrons. The van der Waals surface area contributed by atoms with Crippen LogP contribution < -0.4 is 5.32 Å². The Bertz CT molecular complexity index is 639. The van der Waals surface area contributed by atoms with Gasteiger partial charge in [0.05, 0.1) is 5.75 Å². The maximum absolute atomic E-state index is 12.8. The molecule has 1 aromatic heterocycles. The first-order valence-corrected chi connectivity index (χ1v) is 8.02. The van der Waals surface area contributed by atoms with Gasteiger partial charge in [0.25, 0.3) is 0 Å². The molecule has 2 rings (SSSR count). The minimum atomic E-state index is -0.329. The van der Waals surface area contributed by atoms with Crippen molar-refractivity contribution in [2.24, 2.45) is 5.92 Å². The second-order valence-corrected chi connectivity index (χ2v) is 6.32. The van der Waals surface area contributed by atoms with E-state index in [0.29, 0.717) is 11.6 Å². The highest BCUT2D eigenvalue weighted by Gasteiger charge is 2.12. The van der Waals surface area contributed by atoms with Crippen LogP contribution in [-0.4, -0.2) is 26.4 Å². The van der Waals surface area contributed by atoms with Crippen molar-refractivity contribution in [3.05, 3.63) is 35.9 Å². The van der Waals surface area contributed by atoms with E-state index in [1.165, 1.54) is 36.0 Å². The fraction of sp³-hybridized carbons (Fsp3) is 0.400. The average Bonchev–Trinajstić information content (AvgIpc) is 2.80. The van der Waals surface area contributed by atoms with Gasteiger partial charge in [0, 0.05) is 12.2 Å². The van der Waals surface area contributed by atoms with Crippen molar-refractivity contribution in [3.8, 4) is 0 Å². The number of hydrogen-bond donors (Lipinski definition) is 1. The molecule has 2 aromatic rings. The smallest absolute Gasteiger partial charge is 0.234 e.